The van der Waals surface area contributed by atoms with Gasteiger partial charge in [0.15, 0.2) is 5.96 Å². The van der Waals surface area contributed by atoms with E-state index in [4.69, 9.17) is 14.1 Å². The van der Waals surface area contributed by atoms with Crippen LogP contribution in [0.4, 0.5) is 0 Å². The number of ether oxygens (including phenoxy) is 1. The normalized spacial score (nSPS) is 16.6. The molecule has 2 heterocycles. The summed E-state index contributed by atoms with van der Waals surface area (Å²) < 4.78 is 11.0. The van der Waals surface area contributed by atoms with Crippen LogP contribution in [0.2, 0.25) is 0 Å². The van der Waals surface area contributed by atoms with E-state index in [2.05, 4.69) is 30.3 Å². The van der Waals surface area contributed by atoms with Gasteiger partial charge in [0, 0.05) is 38.9 Å². The molecule has 23 heavy (non-hydrogen) atoms. The van der Waals surface area contributed by atoms with Crippen molar-refractivity contribution in [2.45, 2.75) is 46.6 Å². The Bertz CT molecular complexity index is 504. The lowest BCUT2D eigenvalue weighted by atomic mass is 9.96. The first-order valence-corrected chi connectivity index (χ1v) is 8.73. The van der Waals surface area contributed by atoms with Crippen LogP contribution in [0.5, 0.6) is 0 Å². The van der Waals surface area contributed by atoms with Crippen LogP contribution in [0.25, 0.3) is 0 Å². The van der Waals surface area contributed by atoms with Crippen molar-refractivity contribution in [2.24, 2.45) is 10.9 Å². The van der Waals surface area contributed by atoms with E-state index in [1.165, 1.54) is 19.3 Å². The van der Waals surface area contributed by atoms with Crippen molar-refractivity contribution in [3.8, 4) is 0 Å². The highest BCUT2D eigenvalue weighted by molar-refractivity contribution is 5.79. The van der Waals surface area contributed by atoms with Gasteiger partial charge in [-0.2, -0.15) is 0 Å². The molecule has 1 N–H and O–H groups in total. The smallest absolute Gasteiger partial charge is 0.193 e. The number of rotatable bonds is 6. The first-order chi connectivity index (χ1) is 11.1. The summed E-state index contributed by atoms with van der Waals surface area (Å²) in [6.07, 6.45) is 3.58. The Morgan fingerprint density at radius 3 is 2.70 bits per heavy atom. The molecule has 2 rings (SSSR count). The second-order valence-electron chi connectivity index (χ2n) is 6.37. The summed E-state index contributed by atoms with van der Waals surface area (Å²) >= 11 is 0. The third-order valence-electron chi connectivity index (χ3n) is 4.45. The zero-order valence-corrected chi connectivity index (χ0v) is 15.0. The molecule has 1 saturated heterocycles. The van der Waals surface area contributed by atoms with Crippen LogP contribution in [-0.4, -0.2) is 44.2 Å². The predicted molar refractivity (Wildman–Crippen MR) is 93.8 cm³/mol. The minimum absolute atomic E-state index is 0.660. The summed E-state index contributed by atoms with van der Waals surface area (Å²) in [7, 11) is 2.12. The van der Waals surface area contributed by atoms with Gasteiger partial charge in [-0.15, -0.1) is 0 Å². The van der Waals surface area contributed by atoms with Crippen LogP contribution in [0.3, 0.4) is 0 Å². The van der Waals surface area contributed by atoms with Crippen molar-refractivity contribution in [3.05, 3.63) is 23.2 Å². The zero-order valence-electron chi connectivity index (χ0n) is 15.0. The first kappa shape index (κ1) is 17.9. The van der Waals surface area contributed by atoms with Gasteiger partial charge in [-0.3, -0.25) is 0 Å². The Balaban J connectivity index is 1.90. The van der Waals surface area contributed by atoms with Crippen molar-refractivity contribution in [2.75, 3.05) is 33.4 Å². The summed E-state index contributed by atoms with van der Waals surface area (Å²) in [4.78, 5) is 7.01. The minimum atomic E-state index is 0.660. The highest BCUT2D eigenvalue weighted by Crippen LogP contribution is 2.19. The first-order valence-electron chi connectivity index (χ1n) is 8.73. The van der Waals surface area contributed by atoms with Crippen molar-refractivity contribution in [1.82, 2.24) is 10.2 Å². The number of nitrogens with one attached hydrogen (secondary N) is 1. The van der Waals surface area contributed by atoms with E-state index in [0.29, 0.717) is 6.54 Å². The lowest BCUT2D eigenvalue weighted by Gasteiger charge is -2.26. The highest BCUT2D eigenvalue weighted by Gasteiger charge is 2.15. The second kappa shape index (κ2) is 8.96. The predicted octanol–water partition coefficient (Wildman–Crippen LogP) is 3.11. The molecule has 1 aromatic rings. The van der Waals surface area contributed by atoms with E-state index < -0.39 is 0 Å². The summed E-state index contributed by atoms with van der Waals surface area (Å²) in [5, 5.41) is 3.39. The quantitative estimate of drug-likeness (QED) is 0.646. The van der Waals surface area contributed by atoms with Crippen molar-refractivity contribution >= 4 is 5.96 Å². The molecule has 1 aromatic heterocycles. The van der Waals surface area contributed by atoms with Crippen LogP contribution < -0.4 is 5.32 Å². The molecule has 1 aliphatic heterocycles. The average Bonchev–Trinajstić information content (AvgIpc) is 2.87. The van der Waals surface area contributed by atoms with Gasteiger partial charge in [-0.05, 0) is 52.0 Å². The lowest BCUT2D eigenvalue weighted by Crippen LogP contribution is -2.40. The van der Waals surface area contributed by atoms with Crippen LogP contribution in [-0.2, 0) is 11.3 Å². The van der Waals surface area contributed by atoms with Gasteiger partial charge in [0.05, 0.1) is 6.54 Å². The van der Waals surface area contributed by atoms with E-state index in [1.807, 2.05) is 13.8 Å². The fourth-order valence-electron chi connectivity index (χ4n) is 2.99. The summed E-state index contributed by atoms with van der Waals surface area (Å²) in [5.41, 5.74) is 1.16. The third-order valence-corrected chi connectivity index (χ3v) is 4.45. The maximum absolute atomic E-state index is 5.58. The molecule has 0 atom stereocenters. The van der Waals surface area contributed by atoms with Crippen LogP contribution in [0.15, 0.2) is 15.5 Å². The Kier molecular flexibility index (Phi) is 6.96. The van der Waals surface area contributed by atoms with Gasteiger partial charge < -0.3 is 19.4 Å². The number of aryl methyl sites for hydroxylation is 2. The summed E-state index contributed by atoms with van der Waals surface area (Å²) in [6, 6.07) is 2.07. The van der Waals surface area contributed by atoms with Crippen LogP contribution in [0, 0.1) is 19.8 Å². The molecule has 5 heteroatoms. The number of aliphatic imine (C=N–C) groups is 1. The van der Waals surface area contributed by atoms with Gasteiger partial charge in [0.1, 0.15) is 11.5 Å². The Morgan fingerprint density at radius 2 is 2.09 bits per heavy atom. The standard InChI is InChI=1S/C18H31N3O2/c1-5-19-18(20-13-17-12-14(2)23-15(17)3)21(4)9-6-16-7-10-22-11-8-16/h12,16H,5-11,13H2,1-4H3,(H,19,20). The molecular formula is C18H31N3O2. The van der Waals surface area contributed by atoms with E-state index in [0.717, 1.165) is 55.3 Å². The number of furan rings is 1. The fraction of sp³-hybridized carbons (Fsp3) is 0.722. The average molecular weight is 321 g/mol. The number of guanidine groups is 1. The van der Waals surface area contributed by atoms with E-state index >= 15 is 0 Å². The van der Waals surface area contributed by atoms with Gasteiger partial charge >= 0.3 is 0 Å². The highest BCUT2D eigenvalue weighted by atomic mass is 16.5. The van der Waals surface area contributed by atoms with Crippen LogP contribution >= 0.6 is 0 Å². The monoisotopic (exact) mass is 321 g/mol. The molecule has 0 bridgehead atoms. The number of hydrogen-bond donors (Lipinski definition) is 1. The molecule has 5 nitrogen and oxygen atoms in total. The molecule has 1 aliphatic rings. The van der Waals surface area contributed by atoms with Crippen molar-refractivity contribution in [1.29, 1.82) is 0 Å². The SMILES string of the molecule is CCNC(=NCc1cc(C)oc1C)N(C)CCC1CCOCC1. The van der Waals surface area contributed by atoms with Gasteiger partial charge in [0.2, 0.25) is 0 Å². The Morgan fingerprint density at radius 1 is 1.35 bits per heavy atom. The maximum Gasteiger partial charge on any atom is 0.193 e. The van der Waals surface area contributed by atoms with Gasteiger partial charge in [0.25, 0.3) is 0 Å². The summed E-state index contributed by atoms with van der Waals surface area (Å²) in [6.45, 7) is 10.5. The largest absolute Gasteiger partial charge is 0.466 e. The molecule has 1 fully saturated rings. The second-order valence-corrected chi connectivity index (χ2v) is 6.37. The van der Waals surface area contributed by atoms with Crippen molar-refractivity contribution < 1.29 is 9.15 Å². The molecule has 0 amide bonds. The Labute approximate surface area is 140 Å². The fourth-order valence-corrected chi connectivity index (χ4v) is 2.99. The van der Waals surface area contributed by atoms with E-state index in [1.54, 1.807) is 0 Å². The Hall–Kier alpha value is -1.49. The molecule has 0 spiro atoms. The molecule has 0 saturated carbocycles. The number of hydrogen-bond acceptors (Lipinski definition) is 3. The lowest BCUT2D eigenvalue weighted by molar-refractivity contribution is 0.0625. The molecule has 0 radical (unpaired) electrons. The van der Waals surface area contributed by atoms with E-state index in [9.17, 15) is 0 Å². The topological polar surface area (TPSA) is 50.0 Å². The number of nitrogens with zero attached hydrogens (tertiary/aromatic N) is 2. The maximum atomic E-state index is 5.58. The minimum Gasteiger partial charge on any atom is -0.466 e. The molecular weight excluding hydrogens is 290 g/mol. The molecule has 0 aliphatic carbocycles. The third kappa shape index (κ3) is 5.57. The van der Waals surface area contributed by atoms with Gasteiger partial charge in [-0.25, -0.2) is 4.99 Å². The zero-order chi connectivity index (χ0) is 16.7. The van der Waals surface area contributed by atoms with Crippen LogP contribution in [0.1, 0.15) is 43.3 Å². The molecule has 0 aromatic carbocycles. The van der Waals surface area contributed by atoms with E-state index in [-0.39, 0.29) is 0 Å². The molecule has 0 unspecified atom stereocenters. The summed E-state index contributed by atoms with van der Waals surface area (Å²) in [5.74, 6) is 3.67. The molecule has 130 valence electrons. The van der Waals surface area contributed by atoms with Gasteiger partial charge in [-0.1, -0.05) is 0 Å². The van der Waals surface area contributed by atoms with Crippen molar-refractivity contribution in [3.63, 3.8) is 0 Å².